The van der Waals surface area contributed by atoms with Gasteiger partial charge in [-0.25, -0.2) is 4.79 Å². The van der Waals surface area contributed by atoms with Crippen LogP contribution in [0, 0.1) is 6.92 Å². The van der Waals surface area contributed by atoms with E-state index in [4.69, 9.17) is 9.84 Å². The molecule has 0 bridgehead atoms. The van der Waals surface area contributed by atoms with Gasteiger partial charge >= 0.3 is 70.4 Å². The average molecular weight is 371 g/mol. The summed E-state index contributed by atoms with van der Waals surface area (Å²) in [5.74, 6) is -1.26. The van der Waals surface area contributed by atoms with E-state index in [1.54, 1.807) is 20.8 Å². The van der Waals surface area contributed by atoms with Crippen LogP contribution >= 0.6 is 0 Å². The molecule has 0 aliphatic rings. The van der Waals surface area contributed by atoms with Crippen molar-refractivity contribution < 1.29 is 83.8 Å². The van der Waals surface area contributed by atoms with Crippen LogP contribution in [0.1, 0.15) is 31.9 Å². The molecular weight excluding hydrogens is 353 g/mol. The standard InChI is InChI=1S/C14H18BF3NO4.K/c1-8-9(6-12(20)21)5-10(7-11(8)15(16,17)18)19-13(22)23-14(2,3)4;/h5,7H,6H2,1-4H3,(H,19,22)(H,20,21);/q-1;+1. The van der Waals surface area contributed by atoms with Crippen molar-refractivity contribution >= 4 is 30.2 Å². The molecule has 0 aliphatic heterocycles. The molecule has 0 heterocycles. The SMILES string of the molecule is Cc1c(CC(=O)O)cc(NC(=O)OC(C)(C)C)cc1[B-](F)(F)F.[K+]. The molecule has 1 rings (SSSR count). The summed E-state index contributed by atoms with van der Waals surface area (Å²) in [6.07, 6.45) is -1.49. The fourth-order valence-corrected chi connectivity index (χ4v) is 1.98. The topological polar surface area (TPSA) is 75.6 Å². The van der Waals surface area contributed by atoms with E-state index in [0.29, 0.717) is 0 Å². The summed E-state index contributed by atoms with van der Waals surface area (Å²) in [6, 6.07) is 1.99. The number of benzene rings is 1. The van der Waals surface area contributed by atoms with Crippen LogP contribution in [-0.4, -0.2) is 29.7 Å². The third-order valence-electron chi connectivity index (χ3n) is 2.90. The van der Waals surface area contributed by atoms with Gasteiger partial charge in [0.15, 0.2) is 0 Å². The Morgan fingerprint density at radius 2 is 1.79 bits per heavy atom. The van der Waals surface area contributed by atoms with Gasteiger partial charge in [-0.1, -0.05) is 11.6 Å². The van der Waals surface area contributed by atoms with Crippen LogP contribution in [0.4, 0.5) is 23.4 Å². The van der Waals surface area contributed by atoms with Crippen molar-refractivity contribution in [3.8, 4) is 0 Å². The van der Waals surface area contributed by atoms with E-state index in [1.165, 1.54) is 13.0 Å². The molecule has 5 nitrogen and oxygen atoms in total. The molecule has 10 heteroatoms. The Labute approximate surface area is 180 Å². The van der Waals surface area contributed by atoms with Crippen molar-refractivity contribution in [2.75, 3.05) is 5.32 Å². The number of rotatable bonds is 4. The number of hydrogen-bond donors (Lipinski definition) is 2. The largest absolute Gasteiger partial charge is 1.00 e. The minimum atomic E-state index is -5.34. The predicted molar refractivity (Wildman–Crippen MR) is 81.1 cm³/mol. The molecular formula is C14H18BF3KNO4. The summed E-state index contributed by atoms with van der Waals surface area (Å²) >= 11 is 0. The number of hydrogen-bond acceptors (Lipinski definition) is 3. The molecule has 1 amide bonds. The third-order valence-corrected chi connectivity index (χ3v) is 2.90. The van der Waals surface area contributed by atoms with E-state index in [-0.39, 0.29) is 68.2 Å². The summed E-state index contributed by atoms with van der Waals surface area (Å²) in [6.45, 7) is 0.704. The predicted octanol–water partition coefficient (Wildman–Crippen LogP) is 0.0275. The Bertz CT molecular complexity index is 630. The van der Waals surface area contributed by atoms with Gasteiger partial charge in [-0.2, -0.15) is 0 Å². The molecule has 0 fully saturated rings. The molecule has 0 aliphatic carbocycles. The Hall–Kier alpha value is -0.549. The van der Waals surface area contributed by atoms with Crippen LogP contribution in [0.25, 0.3) is 0 Å². The maximum absolute atomic E-state index is 13.1. The van der Waals surface area contributed by atoms with Gasteiger partial charge in [0.1, 0.15) is 5.60 Å². The molecule has 0 atom stereocenters. The minimum absolute atomic E-state index is 0. The van der Waals surface area contributed by atoms with Gasteiger partial charge in [-0.05, 0) is 39.3 Å². The number of carboxylic acid groups (broad SMARTS) is 1. The second kappa shape index (κ2) is 8.70. The van der Waals surface area contributed by atoms with E-state index in [9.17, 15) is 22.5 Å². The molecule has 1 aromatic rings. The van der Waals surface area contributed by atoms with Crippen molar-refractivity contribution in [3.63, 3.8) is 0 Å². The number of aliphatic carboxylic acids is 1. The number of ether oxygens (including phenoxy) is 1. The molecule has 1 aromatic carbocycles. The van der Waals surface area contributed by atoms with Gasteiger partial charge < -0.3 is 22.8 Å². The first-order valence-electron chi connectivity index (χ1n) is 6.85. The van der Waals surface area contributed by atoms with Crippen molar-refractivity contribution in [1.29, 1.82) is 0 Å². The van der Waals surface area contributed by atoms with E-state index >= 15 is 0 Å². The quantitative estimate of drug-likeness (QED) is 0.733. The van der Waals surface area contributed by atoms with Crippen LogP contribution in [0.2, 0.25) is 0 Å². The number of carbonyl (C=O) groups excluding carboxylic acids is 1. The summed E-state index contributed by atoms with van der Waals surface area (Å²) in [7, 11) is 0. The molecule has 0 saturated heterocycles. The van der Waals surface area contributed by atoms with Gasteiger partial charge in [0.05, 0.1) is 6.42 Å². The Morgan fingerprint density at radius 3 is 2.21 bits per heavy atom. The fourth-order valence-electron chi connectivity index (χ4n) is 1.98. The van der Waals surface area contributed by atoms with E-state index in [0.717, 1.165) is 6.07 Å². The van der Waals surface area contributed by atoms with Crippen LogP contribution in [0.15, 0.2) is 12.1 Å². The summed E-state index contributed by atoms with van der Waals surface area (Å²) in [5.41, 5.74) is -2.07. The Morgan fingerprint density at radius 1 is 1.25 bits per heavy atom. The smallest absolute Gasteiger partial charge is 0.481 e. The maximum Gasteiger partial charge on any atom is 1.00 e. The molecule has 0 saturated carbocycles. The van der Waals surface area contributed by atoms with E-state index in [1.807, 2.05) is 0 Å². The fraction of sp³-hybridized carbons (Fsp3) is 0.429. The number of carboxylic acids is 1. The monoisotopic (exact) mass is 371 g/mol. The van der Waals surface area contributed by atoms with Crippen LogP contribution < -0.4 is 62.2 Å². The first-order chi connectivity index (χ1) is 10.3. The van der Waals surface area contributed by atoms with Gasteiger partial charge in [-0.15, -0.1) is 5.46 Å². The number of carbonyl (C=O) groups is 2. The molecule has 0 aromatic heterocycles. The summed E-state index contributed by atoms with van der Waals surface area (Å²) in [4.78, 5) is 22.5. The van der Waals surface area contributed by atoms with E-state index < -0.39 is 36.5 Å². The average Bonchev–Trinajstić information content (AvgIpc) is 2.28. The van der Waals surface area contributed by atoms with Gasteiger partial charge in [0.25, 0.3) is 0 Å². The molecule has 2 N–H and O–H groups in total. The van der Waals surface area contributed by atoms with Crippen LogP contribution in [0.5, 0.6) is 0 Å². The third kappa shape index (κ3) is 7.56. The number of halogens is 3. The van der Waals surface area contributed by atoms with Gasteiger partial charge in [-0.3, -0.25) is 10.1 Å². The molecule has 0 spiro atoms. The minimum Gasteiger partial charge on any atom is -0.481 e. The second-order valence-corrected chi connectivity index (χ2v) is 6.12. The Kier molecular flexibility index (Phi) is 8.51. The van der Waals surface area contributed by atoms with Crippen molar-refractivity contribution in [1.82, 2.24) is 0 Å². The van der Waals surface area contributed by atoms with Crippen molar-refractivity contribution in [3.05, 3.63) is 23.3 Å². The van der Waals surface area contributed by atoms with Gasteiger partial charge in [0, 0.05) is 5.69 Å². The van der Waals surface area contributed by atoms with Crippen molar-refractivity contribution in [2.24, 2.45) is 0 Å². The molecule has 24 heavy (non-hydrogen) atoms. The zero-order valence-corrected chi connectivity index (χ0v) is 17.4. The number of nitrogens with one attached hydrogen (secondary N) is 1. The number of anilines is 1. The molecule has 0 unspecified atom stereocenters. The normalized spacial score (nSPS) is 11.5. The summed E-state index contributed by atoms with van der Waals surface area (Å²) < 4.78 is 44.4. The Balaban J connectivity index is 0.00000529. The second-order valence-electron chi connectivity index (χ2n) is 6.12. The zero-order valence-electron chi connectivity index (χ0n) is 14.2. The van der Waals surface area contributed by atoms with E-state index in [2.05, 4.69) is 5.32 Å². The van der Waals surface area contributed by atoms with Crippen LogP contribution in [-0.2, 0) is 16.0 Å². The van der Waals surface area contributed by atoms with Crippen molar-refractivity contribution in [2.45, 2.75) is 39.7 Å². The molecule has 0 radical (unpaired) electrons. The first-order valence-corrected chi connectivity index (χ1v) is 6.85. The summed E-state index contributed by atoms with van der Waals surface area (Å²) in [5, 5.41) is 11.0. The first kappa shape index (κ1) is 23.5. The van der Waals surface area contributed by atoms with Crippen LogP contribution in [0.3, 0.4) is 0 Å². The van der Waals surface area contributed by atoms with Gasteiger partial charge in [0.2, 0.25) is 0 Å². The number of amides is 1. The zero-order chi connectivity index (χ0) is 18.0. The maximum atomic E-state index is 13.1. The molecule has 128 valence electrons.